The summed E-state index contributed by atoms with van der Waals surface area (Å²) in [5.74, 6) is -0.451. The molecule has 0 radical (unpaired) electrons. The molecule has 3 N–H and O–H groups in total. The third kappa shape index (κ3) is 15.7. The second-order valence-electron chi connectivity index (χ2n) is 13.4. The van der Waals surface area contributed by atoms with E-state index in [4.69, 9.17) is 9.47 Å². The van der Waals surface area contributed by atoms with Crippen molar-refractivity contribution in [1.29, 1.82) is 0 Å². The number of phosphoric acid groups is 1. The van der Waals surface area contributed by atoms with Gasteiger partial charge in [0, 0.05) is 19.1 Å². The van der Waals surface area contributed by atoms with Crippen molar-refractivity contribution in [3.8, 4) is 5.75 Å². The molecule has 1 unspecified atom stereocenters. The molecule has 16 heteroatoms. The summed E-state index contributed by atoms with van der Waals surface area (Å²) in [5.41, 5.74) is 3.48. The van der Waals surface area contributed by atoms with Crippen LogP contribution in [0.25, 0.3) is 0 Å². The number of hydrogen-bond donors (Lipinski definition) is 3. The zero-order chi connectivity index (χ0) is 37.7. The topological polar surface area (TPSA) is 181 Å². The second-order valence-corrected chi connectivity index (χ2v) is 14.5. The molecule has 54 heavy (non-hydrogen) atoms. The van der Waals surface area contributed by atoms with Crippen molar-refractivity contribution in [3.05, 3.63) is 101 Å². The van der Waals surface area contributed by atoms with Gasteiger partial charge in [-0.05, 0) is 67.7 Å². The third-order valence-electron chi connectivity index (χ3n) is 8.88. The molecule has 1 heterocycles. The van der Waals surface area contributed by atoms with Gasteiger partial charge in [0.25, 0.3) is 5.91 Å². The number of hydrogen-bond acceptors (Lipinski definition) is 9. The maximum absolute atomic E-state index is 14.1. The molecule has 4 rings (SSSR count). The number of nitrogens with zero attached hydrogens (tertiary/aromatic N) is 1. The van der Waals surface area contributed by atoms with Gasteiger partial charge in [-0.2, -0.15) is 0 Å². The monoisotopic (exact) mass is 782 g/mol. The van der Waals surface area contributed by atoms with Crippen LogP contribution in [-0.4, -0.2) is 73.5 Å². The summed E-state index contributed by atoms with van der Waals surface area (Å²) in [6.45, 7) is 7.26. The summed E-state index contributed by atoms with van der Waals surface area (Å²) >= 11 is 0. The average molecular weight is 783 g/mol. The van der Waals surface area contributed by atoms with Crippen LogP contribution in [0, 0.1) is 19.8 Å². The van der Waals surface area contributed by atoms with Crippen LogP contribution in [0.4, 0.5) is 4.79 Å². The van der Waals surface area contributed by atoms with Crippen LogP contribution in [0.3, 0.4) is 0 Å². The smallest absolute Gasteiger partial charge is 0.790 e. The van der Waals surface area contributed by atoms with Crippen LogP contribution >= 0.6 is 7.82 Å². The van der Waals surface area contributed by atoms with E-state index in [2.05, 4.69) is 20.5 Å². The summed E-state index contributed by atoms with van der Waals surface area (Å²) in [6, 6.07) is 21.9. The van der Waals surface area contributed by atoms with E-state index in [1.54, 1.807) is 4.90 Å². The molecule has 1 aliphatic rings. The number of para-hydroxylation sites is 1. The van der Waals surface area contributed by atoms with Gasteiger partial charge in [-0.25, -0.2) is 4.79 Å². The Morgan fingerprint density at radius 3 is 2.04 bits per heavy atom. The number of carbonyl (C=O) groups excluding carboxylic acids is 3. The van der Waals surface area contributed by atoms with Gasteiger partial charge in [-0.15, -0.1) is 0 Å². The molecule has 0 spiro atoms. The van der Waals surface area contributed by atoms with Gasteiger partial charge in [0.2, 0.25) is 5.91 Å². The zero-order valence-electron chi connectivity index (χ0n) is 32.1. The number of amides is 4. The maximum atomic E-state index is 14.1. The Kier molecular flexibility index (Phi) is 21.0. The Bertz CT molecular complexity index is 1650. The fourth-order valence-electron chi connectivity index (χ4n) is 6.46. The van der Waals surface area contributed by atoms with Gasteiger partial charge >= 0.3 is 65.1 Å². The van der Waals surface area contributed by atoms with Crippen LogP contribution in [0.15, 0.2) is 78.9 Å². The Labute approximate surface area is 362 Å². The molecular formula is C38H49N4Na2O9P. The van der Waals surface area contributed by atoms with Crippen LogP contribution < -0.4 is 89.6 Å². The third-order valence-corrected chi connectivity index (χ3v) is 9.30. The molecule has 3 aromatic carbocycles. The predicted molar refractivity (Wildman–Crippen MR) is 192 cm³/mol. The minimum Gasteiger partial charge on any atom is -0.790 e. The first-order valence-electron chi connectivity index (χ1n) is 17.5. The Balaban J connectivity index is 0.00000504. The molecule has 0 aromatic heterocycles. The fourth-order valence-corrected chi connectivity index (χ4v) is 6.65. The van der Waals surface area contributed by atoms with E-state index in [0.29, 0.717) is 31.7 Å². The van der Waals surface area contributed by atoms with E-state index in [9.17, 15) is 28.7 Å². The number of nitrogens with one attached hydrogen (secondary N) is 3. The SMILES string of the molecule is Cc1cccc(C)c1OCC(=O)N[C@@H](Cc1ccccc1)C(C[C@H](Cc1ccccc1)NC(=O)[C@H](C(C)C)N1CCCNC1=O)OCOP(=O)([O-])[O-].[Na+].[Na+]. The largest absolute Gasteiger partial charge is 1.00 e. The van der Waals surface area contributed by atoms with Crippen LogP contribution in [0.2, 0.25) is 0 Å². The van der Waals surface area contributed by atoms with Gasteiger partial charge in [0.1, 0.15) is 11.8 Å². The van der Waals surface area contributed by atoms with Crippen molar-refractivity contribution in [1.82, 2.24) is 20.9 Å². The molecule has 0 bridgehead atoms. The van der Waals surface area contributed by atoms with Crippen LogP contribution in [-0.2, 0) is 36.3 Å². The first kappa shape index (κ1) is 47.9. The summed E-state index contributed by atoms with van der Waals surface area (Å²) in [4.78, 5) is 64.8. The van der Waals surface area contributed by atoms with Crippen molar-refractivity contribution in [2.75, 3.05) is 26.5 Å². The van der Waals surface area contributed by atoms with Crippen molar-refractivity contribution in [3.63, 3.8) is 0 Å². The Hall–Kier alpha value is -2.26. The molecule has 13 nitrogen and oxygen atoms in total. The van der Waals surface area contributed by atoms with Crippen LogP contribution in [0.1, 0.15) is 48.9 Å². The van der Waals surface area contributed by atoms with Gasteiger partial charge < -0.3 is 49.2 Å². The van der Waals surface area contributed by atoms with E-state index in [1.807, 2.05) is 107 Å². The number of ether oxygens (including phenoxy) is 2. The molecule has 1 saturated heterocycles. The molecule has 1 aliphatic heterocycles. The number of urea groups is 1. The molecule has 4 amide bonds. The van der Waals surface area contributed by atoms with Gasteiger partial charge in [0.15, 0.2) is 13.4 Å². The molecule has 282 valence electrons. The maximum Gasteiger partial charge on any atom is 1.00 e. The number of aryl methyl sites for hydroxylation is 2. The predicted octanol–water partition coefficient (Wildman–Crippen LogP) is -2.84. The molecule has 0 saturated carbocycles. The van der Waals surface area contributed by atoms with Gasteiger partial charge in [0.05, 0.1) is 20.0 Å². The minimum absolute atomic E-state index is 0. The fraction of sp³-hybridized carbons (Fsp3) is 0.447. The molecule has 0 aliphatic carbocycles. The molecule has 4 atom stereocenters. The summed E-state index contributed by atoms with van der Waals surface area (Å²) in [7, 11) is -5.40. The van der Waals surface area contributed by atoms with E-state index >= 15 is 0 Å². The molecular weight excluding hydrogens is 733 g/mol. The standard InChI is InChI=1S/C38H51N4O9P.2Na/c1-26(2)35(42-20-12-19-39-38(42)45)37(44)40-31(21-29-15-7-5-8-16-29)23-33(50-25-51-52(46,47)48)32(22-30-17-9-6-10-18-30)41-34(43)24-49-36-27(3)13-11-14-28(36)4;;/h5-11,13-18,26,31-33,35H,12,19-25H2,1-4H3,(H,39,45)(H,40,44)(H,41,43)(H2,46,47,48);;/q;2*+1/p-2/t31-,32-,33?,35-;;/m0../s1. The van der Waals surface area contributed by atoms with E-state index in [-0.39, 0.29) is 96.4 Å². The van der Waals surface area contributed by atoms with Crippen molar-refractivity contribution < 1.29 is 102 Å². The van der Waals surface area contributed by atoms with Gasteiger partial charge in [-0.1, -0.05) is 92.7 Å². The summed E-state index contributed by atoms with van der Waals surface area (Å²) in [5, 5.41) is 8.95. The van der Waals surface area contributed by atoms with Crippen molar-refractivity contribution >= 4 is 25.7 Å². The normalized spacial score (nSPS) is 15.1. The zero-order valence-corrected chi connectivity index (χ0v) is 37.0. The van der Waals surface area contributed by atoms with Crippen LogP contribution in [0.5, 0.6) is 5.75 Å². The number of rotatable bonds is 19. The van der Waals surface area contributed by atoms with E-state index in [1.165, 1.54) is 0 Å². The van der Waals surface area contributed by atoms with Crippen molar-refractivity contribution in [2.45, 2.75) is 77.6 Å². The summed E-state index contributed by atoms with van der Waals surface area (Å²) in [6.07, 6.45) is 0.386. The first-order chi connectivity index (χ1) is 24.8. The van der Waals surface area contributed by atoms with E-state index < -0.39 is 44.8 Å². The molecule has 1 fully saturated rings. The average Bonchev–Trinajstić information content (AvgIpc) is 3.08. The van der Waals surface area contributed by atoms with E-state index in [0.717, 1.165) is 22.3 Å². The number of phosphoric ester groups is 1. The van der Waals surface area contributed by atoms with Gasteiger partial charge in [-0.3, -0.25) is 9.59 Å². The Morgan fingerprint density at radius 1 is 0.889 bits per heavy atom. The quantitative estimate of drug-likeness (QED) is 0.0656. The summed E-state index contributed by atoms with van der Waals surface area (Å²) < 4.78 is 27.8. The van der Waals surface area contributed by atoms with Crippen molar-refractivity contribution in [2.24, 2.45) is 5.92 Å². The molecule has 3 aromatic rings. The first-order valence-corrected chi connectivity index (χ1v) is 19.0. The minimum atomic E-state index is -5.40. The number of carbonyl (C=O) groups is 3. The number of benzene rings is 3. The second kappa shape index (κ2) is 23.7. The Morgan fingerprint density at radius 2 is 1.48 bits per heavy atom.